The lowest BCUT2D eigenvalue weighted by Gasteiger charge is -2.14. The van der Waals surface area contributed by atoms with Crippen molar-refractivity contribution in [1.82, 2.24) is 20.4 Å². The molecule has 3 unspecified atom stereocenters. The first-order valence-corrected chi connectivity index (χ1v) is 15.3. The van der Waals surface area contributed by atoms with Gasteiger partial charge in [0.05, 0.1) is 18.8 Å². The third kappa shape index (κ3) is 11.4. The molecule has 188 valence electrons. The van der Waals surface area contributed by atoms with Crippen molar-refractivity contribution in [3.05, 3.63) is 24.3 Å². The van der Waals surface area contributed by atoms with Gasteiger partial charge in [0, 0.05) is 17.1 Å². The molecule has 0 saturated heterocycles. The average Bonchev–Trinajstić information content (AvgIpc) is 3.45. The number of aliphatic hydroxyl groups is 3. The number of ether oxygens (including phenoxy) is 2. The van der Waals surface area contributed by atoms with Crippen LogP contribution in [-0.4, -0.2) is 84.9 Å². The first-order valence-electron chi connectivity index (χ1n) is 9.55. The van der Waals surface area contributed by atoms with Gasteiger partial charge in [0.25, 0.3) is 0 Å². The van der Waals surface area contributed by atoms with Gasteiger partial charge in [0.1, 0.15) is 6.61 Å². The van der Waals surface area contributed by atoms with Gasteiger partial charge in [-0.2, -0.15) is 0 Å². The van der Waals surface area contributed by atoms with Gasteiger partial charge in [-0.05, 0) is 41.0 Å². The molecular formula is C18H24N4O6S6. The van der Waals surface area contributed by atoms with Crippen molar-refractivity contribution in [2.75, 3.05) is 24.7 Å². The molecule has 0 saturated carbocycles. The number of carbonyl (C=O) groups excluding carboxylic acids is 1. The van der Waals surface area contributed by atoms with E-state index in [1.165, 1.54) is 67.8 Å². The predicted octanol–water partition coefficient (Wildman–Crippen LogP) is 3.13. The third-order valence-corrected chi connectivity index (χ3v) is 10.7. The summed E-state index contributed by atoms with van der Waals surface area (Å²) in [5.74, 6) is 0.137. The van der Waals surface area contributed by atoms with Crippen LogP contribution in [0.25, 0.3) is 0 Å². The van der Waals surface area contributed by atoms with Crippen molar-refractivity contribution < 1.29 is 29.6 Å². The van der Waals surface area contributed by atoms with E-state index in [9.17, 15) is 20.1 Å². The van der Waals surface area contributed by atoms with Crippen LogP contribution in [0, 0.1) is 0 Å². The molecule has 3 atom stereocenters. The van der Waals surface area contributed by atoms with Crippen molar-refractivity contribution in [1.29, 1.82) is 0 Å². The van der Waals surface area contributed by atoms with E-state index in [1.54, 1.807) is 13.8 Å². The summed E-state index contributed by atoms with van der Waals surface area (Å²) in [4.78, 5) is 11.3. The molecule has 0 radical (unpaired) electrons. The maximum Gasteiger partial charge on any atom is 0.333 e. The van der Waals surface area contributed by atoms with E-state index in [4.69, 9.17) is 9.47 Å². The molecule has 0 aliphatic carbocycles. The Morgan fingerprint density at radius 1 is 0.882 bits per heavy atom. The number of hydrogen-bond acceptors (Lipinski definition) is 16. The molecule has 16 heteroatoms. The molecule has 2 heterocycles. The van der Waals surface area contributed by atoms with Crippen molar-refractivity contribution in [2.24, 2.45) is 0 Å². The first kappa shape index (κ1) is 29.5. The fourth-order valence-electron chi connectivity index (χ4n) is 1.72. The Hall–Kier alpha value is -0.690. The highest BCUT2D eigenvalue weighted by molar-refractivity contribution is 8.77. The number of hydrogen-bond donors (Lipinski definition) is 3. The van der Waals surface area contributed by atoms with Crippen LogP contribution in [0.2, 0.25) is 0 Å². The Labute approximate surface area is 221 Å². The lowest BCUT2D eigenvalue weighted by Crippen LogP contribution is -2.23. The molecule has 0 fully saturated rings. The zero-order valence-electron chi connectivity index (χ0n) is 18.3. The number of nitrogens with zero attached hydrogens (tertiary/aromatic N) is 4. The second-order valence-electron chi connectivity index (χ2n) is 6.67. The summed E-state index contributed by atoms with van der Waals surface area (Å²) in [5.41, 5.74) is 0.759. The molecule has 0 amide bonds. The summed E-state index contributed by atoms with van der Waals surface area (Å²) in [5, 5.41) is 45.8. The minimum Gasteiger partial charge on any atom is -0.460 e. The fraction of sp³-hybridized carbons (Fsp3) is 0.500. The molecule has 34 heavy (non-hydrogen) atoms. The minimum absolute atomic E-state index is 0.00858. The molecule has 3 N–H and O–H groups in total. The van der Waals surface area contributed by atoms with Crippen molar-refractivity contribution in [3.63, 3.8) is 0 Å². The highest BCUT2D eigenvalue weighted by Crippen LogP contribution is 2.42. The largest absolute Gasteiger partial charge is 0.460 e. The zero-order chi connectivity index (χ0) is 25.1. The Kier molecular flexibility index (Phi) is 13.4. The Morgan fingerprint density at radius 3 is 1.82 bits per heavy atom. The van der Waals surface area contributed by atoms with Crippen LogP contribution in [-0.2, 0) is 14.3 Å². The molecule has 0 aliphatic rings. The standard InChI is InChI=1S/C18H24N4O6S6/c1-9(2)13(25)27-5-11(23)7-29-15-19-21-17(31-15)33-34-18-22-20-16(32-18)30-8-12(24)6-28-14(26)10(3)4/h11-13,23-25H,1,3,5-8H2,2,4H3. The summed E-state index contributed by atoms with van der Waals surface area (Å²) in [6.07, 6.45) is -2.67. The van der Waals surface area contributed by atoms with E-state index in [2.05, 4.69) is 33.6 Å². The Bertz CT molecular complexity index is 957. The van der Waals surface area contributed by atoms with Crippen LogP contribution in [0.1, 0.15) is 13.8 Å². The SMILES string of the molecule is C=C(C)C(=O)OCC(O)CSc1nnc(SSc2nnc(SCC(O)COC(O)C(=C)C)s2)s1. The molecule has 0 spiro atoms. The maximum atomic E-state index is 11.3. The lowest BCUT2D eigenvalue weighted by atomic mass is 10.3. The molecule has 10 nitrogen and oxygen atoms in total. The highest BCUT2D eigenvalue weighted by atomic mass is 33.1. The van der Waals surface area contributed by atoms with Gasteiger partial charge < -0.3 is 24.8 Å². The summed E-state index contributed by atoms with van der Waals surface area (Å²) in [7, 11) is 2.80. The maximum absolute atomic E-state index is 11.3. The summed E-state index contributed by atoms with van der Waals surface area (Å²) in [6.45, 7) is 10.1. The van der Waals surface area contributed by atoms with Gasteiger partial charge in [-0.15, -0.1) is 20.4 Å². The second kappa shape index (κ2) is 15.4. The molecular weight excluding hydrogens is 561 g/mol. The van der Waals surface area contributed by atoms with Gasteiger partial charge >= 0.3 is 5.97 Å². The fourth-order valence-corrected chi connectivity index (χ4v) is 7.96. The normalized spacial score (nSPS) is 13.9. The summed E-state index contributed by atoms with van der Waals surface area (Å²) < 4.78 is 12.9. The quantitative estimate of drug-likeness (QED) is 0.0662. The van der Waals surface area contributed by atoms with Crippen LogP contribution in [0.5, 0.6) is 0 Å². The highest BCUT2D eigenvalue weighted by Gasteiger charge is 2.15. The number of esters is 1. The number of aromatic nitrogens is 4. The molecule has 0 aliphatic heterocycles. The van der Waals surface area contributed by atoms with Gasteiger partial charge in [-0.1, -0.05) is 59.4 Å². The van der Waals surface area contributed by atoms with Crippen molar-refractivity contribution in [3.8, 4) is 0 Å². The lowest BCUT2D eigenvalue weighted by molar-refractivity contribution is -0.141. The second-order valence-corrected chi connectivity index (χ2v) is 13.8. The summed E-state index contributed by atoms with van der Waals surface area (Å²) >= 11 is 5.45. The molecule has 2 aromatic heterocycles. The number of carbonyl (C=O) groups is 1. The van der Waals surface area contributed by atoms with Gasteiger partial charge in [0.2, 0.25) is 0 Å². The number of thioether (sulfide) groups is 2. The molecule has 0 bridgehead atoms. The Morgan fingerprint density at radius 2 is 1.35 bits per heavy atom. The third-order valence-electron chi connectivity index (χ3n) is 3.38. The number of rotatable bonds is 16. The van der Waals surface area contributed by atoms with Crippen molar-refractivity contribution in [2.45, 2.75) is 49.7 Å². The Balaban J connectivity index is 1.67. The van der Waals surface area contributed by atoms with Crippen LogP contribution >= 0.6 is 67.8 Å². The molecule has 2 aromatic rings. The average molecular weight is 585 g/mol. The predicted molar refractivity (Wildman–Crippen MR) is 138 cm³/mol. The number of aliphatic hydroxyl groups excluding tert-OH is 3. The van der Waals surface area contributed by atoms with Crippen LogP contribution in [0.3, 0.4) is 0 Å². The van der Waals surface area contributed by atoms with Crippen LogP contribution < -0.4 is 0 Å². The van der Waals surface area contributed by atoms with Crippen molar-refractivity contribution >= 4 is 73.8 Å². The molecule has 0 aromatic carbocycles. The first-order chi connectivity index (χ1) is 16.1. The van der Waals surface area contributed by atoms with Gasteiger partial charge in [0.15, 0.2) is 23.6 Å². The molecule has 2 rings (SSSR count). The van der Waals surface area contributed by atoms with E-state index in [0.29, 0.717) is 25.8 Å². The monoisotopic (exact) mass is 584 g/mol. The summed E-state index contributed by atoms with van der Waals surface area (Å²) in [6, 6.07) is 0. The zero-order valence-corrected chi connectivity index (χ0v) is 23.2. The van der Waals surface area contributed by atoms with E-state index in [1.807, 2.05) is 0 Å². The topological polar surface area (TPSA) is 148 Å². The van der Waals surface area contributed by atoms with E-state index >= 15 is 0 Å². The van der Waals surface area contributed by atoms with Crippen LogP contribution in [0.4, 0.5) is 0 Å². The van der Waals surface area contributed by atoms with Gasteiger partial charge in [-0.25, -0.2) is 4.79 Å². The van der Waals surface area contributed by atoms with Crippen LogP contribution in [0.15, 0.2) is 41.7 Å². The smallest absolute Gasteiger partial charge is 0.333 e. The van der Waals surface area contributed by atoms with Gasteiger partial charge in [-0.3, -0.25) is 0 Å². The van der Waals surface area contributed by atoms with E-state index in [0.717, 1.165) is 8.68 Å². The van der Waals surface area contributed by atoms with E-state index in [-0.39, 0.29) is 18.8 Å². The minimum atomic E-state index is -1.09. The van der Waals surface area contributed by atoms with E-state index < -0.39 is 24.5 Å².